The minimum absolute atomic E-state index is 0.0698. The summed E-state index contributed by atoms with van der Waals surface area (Å²) in [5.74, 6) is 1.73. The van der Waals surface area contributed by atoms with Gasteiger partial charge in [0.05, 0.1) is 35.8 Å². The third kappa shape index (κ3) is 26.7. The number of fused-ring (bicyclic) bond motifs is 2. The van der Waals surface area contributed by atoms with Gasteiger partial charge < -0.3 is 18.9 Å². The van der Waals surface area contributed by atoms with Gasteiger partial charge in [-0.25, -0.2) is 9.59 Å². The van der Waals surface area contributed by atoms with E-state index >= 15 is 0 Å². The monoisotopic (exact) mass is 1520 g/mol. The number of thiophene rings is 6. The summed E-state index contributed by atoms with van der Waals surface area (Å²) in [5, 5.41) is 23.3. The van der Waals surface area contributed by atoms with Crippen molar-refractivity contribution in [1.29, 1.82) is 10.5 Å². The quantitative estimate of drug-likeness (QED) is 0.0160. The molecular weight excluding hydrogens is 1400 g/mol. The largest absolute Gasteiger partial charge is 0.491 e. The van der Waals surface area contributed by atoms with Crippen molar-refractivity contribution in [3.05, 3.63) is 79.6 Å². The standard InChI is InChI=1S/C90H128N2O6S6/c1-11-21-29-35-37-43-51-95-89(93)71(61-91)57-75-67(47-39-31-23-13-3)53-77(99-75)79-55-69(49-41-33-25-15-5)85(101-79)81-59-73-83(97-63-65(19-9)45-27-17-7)88-74(84(87(73)103-81)98-64-66(20-10)46-28-18-8)60-82(104-88)86-70(50-42-34-26-16-6)56-80(102-86)78-54-68(48-40-32-24-14-4)76(100-78)58-72(62-92)90(94)96-52-44-38-36-30-22-12-2/h53-60,65-66H,11-52,63-64H2,1-10H3/b71-57+,72-58+. The minimum Gasteiger partial charge on any atom is -0.491 e. The van der Waals surface area contributed by atoms with Crippen molar-refractivity contribution in [3.63, 3.8) is 0 Å². The molecule has 8 nitrogen and oxygen atoms in total. The fraction of sp³-hybridized carbons (Fsp3) is 0.622. The van der Waals surface area contributed by atoms with E-state index in [2.05, 4.69) is 118 Å². The van der Waals surface area contributed by atoms with E-state index in [4.69, 9.17) is 18.9 Å². The van der Waals surface area contributed by atoms with Crippen LogP contribution in [0.3, 0.4) is 0 Å². The number of rotatable bonds is 56. The first-order valence-electron chi connectivity index (χ1n) is 41.3. The molecule has 2 atom stereocenters. The van der Waals surface area contributed by atoms with Crippen LogP contribution >= 0.6 is 68.0 Å². The Bertz CT molecular complexity index is 3510. The predicted molar refractivity (Wildman–Crippen MR) is 455 cm³/mol. The van der Waals surface area contributed by atoms with Gasteiger partial charge in [-0.1, -0.05) is 249 Å². The molecule has 1 aromatic carbocycles. The zero-order chi connectivity index (χ0) is 74.3. The number of hydrogen-bond donors (Lipinski definition) is 0. The highest BCUT2D eigenvalue weighted by Gasteiger charge is 2.29. The van der Waals surface area contributed by atoms with Crippen molar-refractivity contribution in [2.45, 2.75) is 326 Å². The Hall–Kier alpha value is -5.06. The Morgan fingerprint density at radius 1 is 0.365 bits per heavy atom. The zero-order valence-electron chi connectivity index (χ0n) is 65.7. The number of nitrogens with zero attached hydrogens (tertiary/aromatic N) is 2. The van der Waals surface area contributed by atoms with E-state index in [9.17, 15) is 20.1 Å². The first kappa shape index (κ1) is 86.2. The highest BCUT2D eigenvalue weighted by Crippen LogP contribution is 2.56. The molecule has 0 amide bonds. The van der Waals surface area contributed by atoms with Crippen molar-refractivity contribution in [2.75, 3.05) is 26.4 Å². The highest BCUT2D eigenvalue weighted by molar-refractivity contribution is 7.30. The molecule has 0 spiro atoms. The first-order valence-corrected chi connectivity index (χ1v) is 46.2. The van der Waals surface area contributed by atoms with E-state index in [1.807, 2.05) is 57.5 Å². The van der Waals surface area contributed by atoms with Crippen molar-refractivity contribution >= 4 is 112 Å². The average Bonchev–Trinajstić information content (AvgIpc) is 1.57. The number of hydrogen-bond acceptors (Lipinski definition) is 14. The molecule has 0 fully saturated rings. The Labute approximate surface area is 652 Å². The number of esters is 2. The molecule has 570 valence electrons. The second kappa shape index (κ2) is 49.1. The van der Waals surface area contributed by atoms with E-state index in [1.165, 1.54) is 164 Å². The fourth-order valence-electron chi connectivity index (χ4n) is 13.8. The topological polar surface area (TPSA) is 119 Å². The molecule has 0 bridgehead atoms. The normalized spacial score (nSPS) is 12.6. The summed E-state index contributed by atoms with van der Waals surface area (Å²) < 4.78 is 28.8. The molecular formula is C90H128N2O6S6. The fourth-order valence-corrected chi connectivity index (χ4v) is 21.3. The van der Waals surface area contributed by atoms with Crippen molar-refractivity contribution in [2.24, 2.45) is 11.8 Å². The number of aryl methyl sites for hydroxylation is 4. The lowest BCUT2D eigenvalue weighted by Crippen LogP contribution is -2.12. The van der Waals surface area contributed by atoms with Gasteiger partial charge in [-0.15, -0.1) is 68.0 Å². The summed E-state index contributed by atoms with van der Waals surface area (Å²) in [6.07, 6.45) is 47.9. The number of carbonyl (C=O) groups is 2. The van der Waals surface area contributed by atoms with Crippen LogP contribution in [0.15, 0.2) is 47.5 Å². The van der Waals surface area contributed by atoms with Crippen LogP contribution in [-0.2, 0) is 44.7 Å². The van der Waals surface area contributed by atoms with Gasteiger partial charge in [0, 0.05) is 59.5 Å². The number of carbonyl (C=O) groups excluding carboxylic acids is 2. The van der Waals surface area contributed by atoms with Crippen LogP contribution in [0.2, 0.25) is 0 Å². The SMILES string of the molecule is CCCCCCCCOC(=O)/C(C#N)=C/c1sc(-c2cc(CCCCCC)c(-c3cc4c(OCC(CC)CCCC)c5sc(-c6sc(-c7cc(CCCCCC)c(/C=C(\C#N)C(=O)OCCCCCCCC)s7)cc6CCCCCC)cc5c(OCC(CC)CCCC)c4s3)s2)cc1CCCCCC. The third-order valence-corrected chi connectivity index (χ3v) is 28.1. The molecule has 6 aromatic heterocycles. The van der Waals surface area contributed by atoms with Crippen molar-refractivity contribution in [3.8, 4) is 62.7 Å². The molecule has 2 unspecified atom stereocenters. The van der Waals surface area contributed by atoms with E-state index in [-0.39, 0.29) is 11.1 Å². The molecule has 0 aliphatic heterocycles. The lowest BCUT2D eigenvalue weighted by Gasteiger charge is -2.19. The van der Waals surface area contributed by atoms with E-state index in [1.54, 1.807) is 22.7 Å². The van der Waals surface area contributed by atoms with Crippen molar-refractivity contribution < 1.29 is 28.5 Å². The molecule has 104 heavy (non-hydrogen) atoms. The summed E-state index contributed by atoms with van der Waals surface area (Å²) in [6, 6.07) is 19.0. The van der Waals surface area contributed by atoms with Crippen LogP contribution in [0.4, 0.5) is 0 Å². The molecule has 14 heteroatoms. The van der Waals surface area contributed by atoms with Gasteiger partial charge in [-0.2, -0.15) is 10.5 Å². The maximum Gasteiger partial charge on any atom is 0.348 e. The summed E-state index contributed by atoms with van der Waals surface area (Å²) in [7, 11) is 0. The predicted octanol–water partition coefficient (Wildman–Crippen LogP) is 30.3. The Kier molecular flexibility index (Phi) is 40.7. The average molecular weight is 1530 g/mol. The van der Waals surface area contributed by atoms with Crippen LogP contribution in [0.1, 0.15) is 332 Å². The third-order valence-electron chi connectivity index (χ3n) is 20.5. The molecule has 7 aromatic rings. The Morgan fingerprint density at radius 2 is 0.673 bits per heavy atom. The molecule has 0 saturated heterocycles. The molecule has 0 aliphatic rings. The second-order valence-electron chi connectivity index (χ2n) is 29.1. The summed E-state index contributed by atoms with van der Waals surface area (Å²) >= 11 is 10.9. The van der Waals surface area contributed by atoms with Gasteiger partial charge in [-0.05, 0) is 160 Å². The van der Waals surface area contributed by atoms with Gasteiger partial charge in [0.1, 0.15) is 34.8 Å². The van der Waals surface area contributed by atoms with Crippen molar-refractivity contribution in [1.82, 2.24) is 0 Å². The van der Waals surface area contributed by atoms with E-state index in [0.29, 0.717) is 38.3 Å². The van der Waals surface area contributed by atoms with Crippen LogP contribution in [0.5, 0.6) is 11.5 Å². The summed E-state index contributed by atoms with van der Waals surface area (Å²) in [4.78, 5) is 39.0. The number of unbranched alkanes of at least 4 members (excludes halogenated alkanes) is 24. The molecule has 0 radical (unpaired) electrons. The molecule has 6 heterocycles. The smallest absolute Gasteiger partial charge is 0.348 e. The lowest BCUT2D eigenvalue weighted by molar-refractivity contribution is -0.139. The van der Waals surface area contributed by atoms with Gasteiger partial charge >= 0.3 is 11.9 Å². The number of nitriles is 2. The highest BCUT2D eigenvalue weighted by atomic mass is 32.1. The minimum atomic E-state index is -0.527. The van der Waals surface area contributed by atoms with Gasteiger partial charge in [0.25, 0.3) is 0 Å². The molecule has 0 N–H and O–H groups in total. The number of benzene rings is 1. The van der Waals surface area contributed by atoms with Gasteiger partial charge in [0.2, 0.25) is 0 Å². The lowest BCUT2D eigenvalue weighted by atomic mass is 10.0. The molecule has 7 rings (SSSR count). The zero-order valence-corrected chi connectivity index (χ0v) is 70.6. The van der Waals surface area contributed by atoms with Crippen LogP contribution in [-0.4, -0.2) is 38.4 Å². The van der Waals surface area contributed by atoms with E-state index in [0.717, 1.165) is 196 Å². The summed E-state index contributed by atoms with van der Waals surface area (Å²) in [6.45, 7) is 24.7. The first-order chi connectivity index (χ1) is 50.9. The maximum atomic E-state index is 13.6. The maximum absolute atomic E-state index is 13.6. The second-order valence-corrected chi connectivity index (χ2v) is 35.5. The van der Waals surface area contributed by atoms with Gasteiger partial charge in [-0.3, -0.25) is 0 Å². The van der Waals surface area contributed by atoms with Crippen LogP contribution < -0.4 is 9.47 Å². The van der Waals surface area contributed by atoms with Crippen LogP contribution in [0.25, 0.3) is 71.3 Å². The molecule has 0 aliphatic carbocycles. The number of ether oxygens (including phenoxy) is 4. The van der Waals surface area contributed by atoms with E-state index < -0.39 is 11.9 Å². The summed E-state index contributed by atoms with van der Waals surface area (Å²) in [5.41, 5.74) is 5.26. The Morgan fingerprint density at radius 3 is 1.01 bits per heavy atom. The molecule has 0 saturated carbocycles. The van der Waals surface area contributed by atoms with Gasteiger partial charge in [0.15, 0.2) is 0 Å². The Balaban J connectivity index is 1.40. The van der Waals surface area contributed by atoms with Crippen LogP contribution in [0, 0.1) is 34.5 Å².